The molecular formula is C13H24N2O2. The molecule has 0 radical (unpaired) electrons. The number of carbonyl (C=O) groups is 1. The molecule has 0 heterocycles. The van der Waals surface area contributed by atoms with Gasteiger partial charge in [0.25, 0.3) is 0 Å². The van der Waals surface area contributed by atoms with E-state index < -0.39 is 5.41 Å². The Hall–Kier alpha value is -1.08. The Kier molecular flexibility index (Phi) is 7.56. The van der Waals surface area contributed by atoms with Crippen LogP contribution in [0.5, 0.6) is 0 Å². The van der Waals surface area contributed by atoms with Crippen molar-refractivity contribution in [3.05, 3.63) is 0 Å². The van der Waals surface area contributed by atoms with Crippen LogP contribution in [0.15, 0.2) is 0 Å². The molecule has 0 rings (SSSR count). The largest absolute Gasteiger partial charge is 0.396 e. The van der Waals surface area contributed by atoms with E-state index in [1.54, 1.807) is 0 Å². The summed E-state index contributed by atoms with van der Waals surface area (Å²) < 4.78 is 0. The summed E-state index contributed by atoms with van der Waals surface area (Å²) in [7, 11) is 0. The second kappa shape index (κ2) is 8.08. The van der Waals surface area contributed by atoms with Gasteiger partial charge in [-0.25, -0.2) is 0 Å². The van der Waals surface area contributed by atoms with Gasteiger partial charge in [0.15, 0.2) is 0 Å². The molecule has 0 fully saturated rings. The third-order valence-corrected chi connectivity index (χ3v) is 3.52. The quantitative estimate of drug-likeness (QED) is 0.680. The maximum Gasteiger partial charge on any atom is 0.240 e. The van der Waals surface area contributed by atoms with Crippen molar-refractivity contribution in [2.45, 2.75) is 46.5 Å². The molecule has 0 aromatic carbocycles. The van der Waals surface area contributed by atoms with Gasteiger partial charge >= 0.3 is 0 Å². The zero-order chi connectivity index (χ0) is 13.3. The number of hydrogen-bond acceptors (Lipinski definition) is 3. The Labute approximate surface area is 104 Å². The number of hydrogen-bond donors (Lipinski definition) is 2. The molecule has 0 aromatic rings. The van der Waals surface area contributed by atoms with Crippen LogP contribution in [-0.4, -0.2) is 24.2 Å². The van der Waals surface area contributed by atoms with Crippen LogP contribution in [0, 0.1) is 22.7 Å². The summed E-state index contributed by atoms with van der Waals surface area (Å²) in [4.78, 5) is 12.0. The number of rotatable bonds is 8. The number of aliphatic hydroxyl groups is 1. The summed E-state index contributed by atoms with van der Waals surface area (Å²) in [6.07, 6.45) is 2.67. The highest BCUT2D eigenvalue weighted by Gasteiger charge is 2.34. The molecule has 0 saturated heterocycles. The van der Waals surface area contributed by atoms with Crippen LogP contribution >= 0.6 is 0 Å². The molecule has 0 aliphatic heterocycles. The van der Waals surface area contributed by atoms with Crippen LogP contribution in [0.4, 0.5) is 0 Å². The fraction of sp³-hybridized carbons (Fsp3) is 0.846. The lowest BCUT2D eigenvalue weighted by Gasteiger charge is -2.23. The SMILES string of the molecule is CCC(CCO)CNC(=O)C(C#N)(CC)CC. The summed E-state index contributed by atoms with van der Waals surface area (Å²) in [6.45, 7) is 6.43. The van der Waals surface area contributed by atoms with Crippen molar-refractivity contribution < 1.29 is 9.90 Å². The maximum absolute atomic E-state index is 12.0. The van der Waals surface area contributed by atoms with Gasteiger partial charge in [0.05, 0.1) is 6.07 Å². The zero-order valence-corrected chi connectivity index (χ0v) is 11.1. The van der Waals surface area contributed by atoms with Crippen molar-refractivity contribution in [1.29, 1.82) is 5.26 Å². The molecule has 1 unspecified atom stereocenters. The van der Waals surface area contributed by atoms with E-state index in [1.165, 1.54) is 0 Å². The minimum absolute atomic E-state index is 0.138. The van der Waals surface area contributed by atoms with E-state index in [2.05, 4.69) is 11.4 Å². The minimum Gasteiger partial charge on any atom is -0.396 e. The van der Waals surface area contributed by atoms with Gasteiger partial charge in [-0.05, 0) is 25.2 Å². The number of nitriles is 1. The predicted molar refractivity (Wildman–Crippen MR) is 67.1 cm³/mol. The summed E-state index contributed by atoms with van der Waals surface area (Å²) in [5, 5.41) is 20.8. The van der Waals surface area contributed by atoms with Gasteiger partial charge < -0.3 is 10.4 Å². The van der Waals surface area contributed by atoms with Crippen molar-refractivity contribution >= 4 is 5.91 Å². The van der Waals surface area contributed by atoms with Crippen molar-refractivity contribution in [3.63, 3.8) is 0 Å². The fourth-order valence-corrected chi connectivity index (χ4v) is 1.82. The second-order valence-electron chi connectivity index (χ2n) is 4.40. The van der Waals surface area contributed by atoms with E-state index in [1.807, 2.05) is 20.8 Å². The van der Waals surface area contributed by atoms with Gasteiger partial charge in [0, 0.05) is 13.2 Å². The highest BCUT2D eigenvalue weighted by molar-refractivity contribution is 5.85. The van der Waals surface area contributed by atoms with Crippen LogP contribution in [0.2, 0.25) is 0 Å². The topological polar surface area (TPSA) is 73.1 Å². The average molecular weight is 240 g/mol. The predicted octanol–water partition coefficient (Wildman–Crippen LogP) is 1.84. The molecule has 0 aromatic heterocycles. The van der Waals surface area contributed by atoms with Gasteiger partial charge in [-0.3, -0.25) is 4.79 Å². The van der Waals surface area contributed by atoms with Gasteiger partial charge in [0.1, 0.15) is 5.41 Å². The smallest absolute Gasteiger partial charge is 0.240 e. The van der Waals surface area contributed by atoms with E-state index in [-0.39, 0.29) is 18.4 Å². The van der Waals surface area contributed by atoms with Gasteiger partial charge in [-0.2, -0.15) is 5.26 Å². The highest BCUT2D eigenvalue weighted by atomic mass is 16.3. The van der Waals surface area contributed by atoms with Crippen LogP contribution < -0.4 is 5.32 Å². The summed E-state index contributed by atoms with van der Waals surface area (Å²) in [5.41, 5.74) is -0.891. The number of nitrogens with zero attached hydrogens (tertiary/aromatic N) is 1. The normalized spacial score (nSPS) is 12.9. The first-order valence-corrected chi connectivity index (χ1v) is 6.40. The molecular weight excluding hydrogens is 216 g/mol. The van der Waals surface area contributed by atoms with Gasteiger partial charge in [0.2, 0.25) is 5.91 Å². The fourth-order valence-electron chi connectivity index (χ4n) is 1.82. The molecule has 4 heteroatoms. The van der Waals surface area contributed by atoms with E-state index in [0.29, 0.717) is 25.8 Å². The first-order chi connectivity index (χ1) is 8.10. The lowest BCUT2D eigenvalue weighted by atomic mass is 9.83. The maximum atomic E-state index is 12.0. The number of aliphatic hydroxyl groups excluding tert-OH is 1. The van der Waals surface area contributed by atoms with E-state index in [4.69, 9.17) is 10.4 Å². The molecule has 1 amide bonds. The monoisotopic (exact) mass is 240 g/mol. The molecule has 4 nitrogen and oxygen atoms in total. The number of nitrogens with one attached hydrogen (secondary N) is 1. The molecule has 17 heavy (non-hydrogen) atoms. The Bertz CT molecular complexity index is 267. The van der Waals surface area contributed by atoms with Gasteiger partial charge in [-0.15, -0.1) is 0 Å². The van der Waals surface area contributed by atoms with Crippen molar-refractivity contribution in [2.24, 2.45) is 11.3 Å². The Morgan fingerprint density at radius 1 is 1.41 bits per heavy atom. The van der Waals surface area contributed by atoms with Gasteiger partial charge in [-0.1, -0.05) is 27.2 Å². The van der Waals surface area contributed by atoms with E-state index in [9.17, 15) is 4.79 Å². The molecule has 2 N–H and O–H groups in total. The third-order valence-electron chi connectivity index (χ3n) is 3.52. The molecule has 1 atom stereocenters. The first-order valence-electron chi connectivity index (χ1n) is 6.40. The average Bonchev–Trinajstić information content (AvgIpc) is 2.37. The Morgan fingerprint density at radius 3 is 2.35 bits per heavy atom. The Balaban J connectivity index is 4.38. The molecule has 0 saturated carbocycles. The summed E-state index contributed by atoms with van der Waals surface area (Å²) in [6, 6.07) is 2.13. The third kappa shape index (κ3) is 4.35. The van der Waals surface area contributed by atoms with Crippen molar-refractivity contribution in [1.82, 2.24) is 5.32 Å². The Morgan fingerprint density at radius 2 is 2.00 bits per heavy atom. The number of amides is 1. The highest BCUT2D eigenvalue weighted by Crippen LogP contribution is 2.25. The summed E-state index contributed by atoms with van der Waals surface area (Å²) >= 11 is 0. The lowest BCUT2D eigenvalue weighted by Crippen LogP contribution is -2.41. The van der Waals surface area contributed by atoms with Crippen LogP contribution in [-0.2, 0) is 4.79 Å². The zero-order valence-electron chi connectivity index (χ0n) is 11.1. The minimum atomic E-state index is -0.891. The molecule has 0 spiro atoms. The van der Waals surface area contributed by atoms with Crippen LogP contribution in [0.1, 0.15) is 46.5 Å². The molecule has 0 aliphatic carbocycles. The van der Waals surface area contributed by atoms with Crippen LogP contribution in [0.25, 0.3) is 0 Å². The standard InChI is InChI=1S/C13H24N2O2/c1-4-11(7-8-16)9-15-12(17)13(5-2,6-3)10-14/h11,16H,4-9H2,1-3H3,(H,15,17). The number of carbonyl (C=O) groups excluding carboxylic acids is 1. The van der Waals surface area contributed by atoms with Crippen LogP contribution in [0.3, 0.4) is 0 Å². The molecule has 0 bridgehead atoms. The first kappa shape index (κ1) is 15.9. The van der Waals surface area contributed by atoms with E-state index in [0.717, 1.165) is 6.42 Å². The van der Waals surface area contributed by atoms with Crippen molar-refractivity contribution in [2.75, 3.05) is 13.2 Å². The van der Waals surface area contributed by atoms with E-state index >= 15 is 0 Å². The lowest BCUT2D eigenvalue weighted by molar-refractivity contribution is -0.128. The summed E-state index contributed by atoms with van der Waals surface area (Å²) in [5.74, 6) is 0.107. The molecule has 0 aliphatic rings. The molecule has 98 valence electrons. The second-order valence-corrected chi connectivity index (χ2v) is 4.40. The van der Waals surface area contributed by atoms with Crippen molar-refractivity contribution in [3.8, 4) is 6.07 Å².